The van der Waals surface area contributed by atoms with Crippen molar-refractivity contribution < 1.29 is 5.11 Å². The fraction of sp³-hybridized carbons (Fsp3) is 0.667. The summed E-state index contributed by atoms with van der Waals surface area (Å²) >= 11 is 5.27. The molecule has 1 aromatic rings. The lowest BCUT2D eigenvalue weighted by molar-refractivity contribution is 0.177. The van der Waals surface area contributed by atoms with E-state index in [0.29, 0.717) is 12.0 Å². The minimum Gasteiger partial charge on any atom is -0.393 e. The molecular formula is C12H18BrNOS. The van der Waals surface area contributed by atoms with Crippen LogP contribution in [0.1, 0.15) is 37.1 Å². The molecule has 1 heterocycles. The zero-order chi connectivity index (χ0) is 11.5. The Bertz CT molecular complexity index is 342. The van der Waals surface area contributed by atoms with Gasteiger partial charge in [0.15, 0.2) is 0 Å². The summed E-state index contributed by atoms with van der Waals surface area (Å²) in [6, 6.07) is 4.67. The third-order valence-corrected chi connectivity index (χ3v) is 5.05. The van der Waals surface area contributed by atoms with Gasteiger partial charge in [-0.1, -0.05) is 0 Å². The summed E-state index contributed by atoms with van der Waals surface area (Å²) in [5, 5.41) is 13.0. The molecular weight excluding hydrogens is 286 g/mol. The van der Waals surface area contributed by atoms with Gasteiger partial charge in [-0.15, -0.1) is 11.3 Å². The minimum absolute atomic E-state index is 0.0574. The molecule has 0 aromatic carbocycles. The number of rotatable bonds is 4. The molecule has 1 aromatic heterocycles. The van der Waals surface area contributed by atoms with Gasteiger partial charge in [-0.3, -0.25) is 0 Å². The Morgan fingerprint density at radius 1 is 1.56 bits per heavy atom. The van der Waals surface area contributed by atoms with E-state index in [1.807, 2.05) is 0 Å². The van der Waals surface area contributed by atoms with Gasteiger partial charge in [-0.25, -0.2) is 0 Å². The van der Waals surface area contributed by atoms with Gasteiger partial charge < -0.3 is 10.4 Å². The van der Waals surface area contributed by atoms with Crippen molar-refractivity contribution in [3.8, 4) is 0 Å². The summed E-state index contributed by atoms with van der Waals surface area (Å²) < 4.78 is 1.19. The number of aliphatic hydroxyl groups excluding tert-OH is 1. The molecule has 2 nitrogen and oxygen atoms in total. The molecule has 0 spiro atoms. The second-order valence-corrected chi connectivity index (χ2v) is 7.10. The van der Waals surface area contributed by atoms with Gasteiger partial charge in [0.25, 0.3) is 0 Å². The van der Waals surface area contributed by atoms with E-state index in [4.69, 9.17) is 0 Å². The van der Waals surface area contributed by atoms with E-state index < -0.39 is 0 Å². The molecule has 3 unspecified atom stereocenters. The number of nitrogens with one attached hydrogen (secondary N) is 1. The molecule has 3 atom stereocenters. The fourth-order valence-electron chi connectivity index (χ4n) is 2.24. The van der Waals surface area contributed by atoms with Gasteiger partial charge in [-0.2, -0.15) is 0 Å². The van der Waals surface area contributed by atoms with Crippen LogP contribution in [-0.4, -0.2) is 17.8 Å². The minimum atomic E-state index is -0.0574. The molecule has 1 saturated carbocycles. The quantitative estimate of drug-likeness (QED) is 0.894. The second-order valence-electron chi connectivity index (χ2n) is 4.60. The third-order valence-electron chi connectivity index (χ3n) is 3.25. The van der Waals surface area contributed by atoms with Crippen LogP contribution in [0.5, 0.6) is 0 Å². The van der Waals surface area contributed by atoms with Crippen molar-refractivity contribution in [2.75, 3.05) is 6.54 Å². The van der Waals surface area contributed by atoms with Crippen LogP contribution >= 0.6 is 27.3 Å². The summed E-state index contributed by atoms with van der Waals surface area (Å²) in [5.41, 5.74) is 0. The summed E-state index contributed by atoms with van der Waals surface area (Å²) in [4.78, 5) is 1.37. The lowest BCUT2D eigenvalue weighted by Crippen LogP contribution is -2.24. The zero-order valence-corrected chi connectivity index (χ0v) is 11.9. The van der Waals surface area contributed by atoms with Crippen LogP contribution < -0.4 is 5.32 Å². The number of hydrogen-bond acceptors (Lipinski definition) is 3. The van der Waals surface area contributed by atoms with E-state index in [9.17, 15) is 5.11 Å². The van der Waals surface area contributed by atoms with Crippen LogP contribution in [0.3, 0.4) is 0 Å². The van der Waals surface area contributed by atoms with Crippen LogP contribution in [0, 0.1) is 5.92 Å². The summed E-state index contributed by atoms with van der Waals surface area (Å²) in [5.74, 6) is 0.654. The fourth-order valence-corrected chi connectivity index (χ4v) is 3.69. The first kappa shape index (κ1) is 12.6. The molecule has 2 N–H and O–H groups in total. The van der Waals surface area contributed by atoms with Gasteiger partial charge in [-0.05, 0) is 66.7 Å². The Morgan fingerprint density at radius 2 is 2.38 bits per heavy atom. The maximum Gasteiger partial charge on any atom is 0.0701 e. The van der Waals surface area contributed by atoms with Crippen molar-refractivity contribution >= 4 is 27.3 Å². The van der Waals surface area contributed by atoms with E-state index in [2.05, 4.69) is 40.3 Å². The summed E-state index contributed by atoms with van der Waals surface area (Å²) in [6.07, 6.45) is 3.05. The Morgan fingerprint density at radius 3 is 2.94 bits per heavy atom. The Balaban J connectivity index is 1.77. The van der Waals surface area contributed by atoms with E-state index in [0.717, 1.165) is 25.8 Å². The maximum atomic E-state index is 9.45. The molecule has 16 heavy (non-hydrogen) atoms. The molecule has 4 heteroatoms. The summed E-state index contributed by atoms with van der Waals surface area (Å²) in [7, 11) is 0. The topological polar surface area (TPSA) is 32.3 Å². The highest BCUT2D eigenvalue weighted by atomic mass is 79.9. The van der Waals surface area contributed by atoms with Crippen LogP contribution in [0.25, 0.3) is 0 Å². The maximum absolute atomic E-state index is 9.45. The molecule has 0 amide bonds. The molecule has 90 valence electrons. The third kappa shape index (κ3) is 3.29. The first-order valence-electron chi connectivity index (χ1n) is 5.82. The molecule has 2 rings (SSSR count). The van der Waals surface area contributed by atoms with E-state index in [1.165, 1.54) is 8.66 Å². The molecule has 0 bridgehead atoms. The van der Waals surface area contributed by atoms with Crippen molar-refractivity contribution in [1.29, 1.82) is 0 Å². The largest absolute Gasteiger partial charge is 0.393 e. The highest BCUT2D eigenvalue weighted by Gasteiger charge is 2.22. The van der Waals surface area contributed by atoms with Crippen molar-refractivity contribution in [3.63, 3.8) is 0 Å². The van der Waals surface area contributed by atoms with E-state index in [1.54, 1.807) is 11.3 Å². The van der Waals surface area contributed by atoms with Gasteiger partial charge in [0, 0.05) is 10.9 Å². The Labute approximate surface area is 109 Å². The summed E-state index contributed by atoms with van der Waals surface area (Å²) in [6.45, 7) is 3.22. The number of hydrogen-bond donors (Lipinski definition) is 2. The van der Waals surface area contributed by atoms with Crippen molar-refractivity contribution in [2.45, 2.75) is 38.3 Å². The first-order valence-corrected chi connectivity index (χ1v) is 7.43. The van der Waals surface area contributed by atoms with Crippen LogP contribution in [0.2, 0.25) is 0 Å². The van der Waals surface area contributed by atoms with Gasteiger partial charge in [0.2, 0.25) is 0 Å². The van der Waals surface area contributed by atoms with E-state index in [-0.39, 0.29) is 6.10 Å². The lowest BCUT2D eigenvalue weighted by Gasteiger charge is -2.15. The predicted molar refractivity (Wildman–Crippen MR) is 71.8 cm³/mol. The van der Waals surface area contributed by atoms with Crippen molar-refractivity contribution in [1.82, 2.24) is 5.32 Å². The van der Waals surface area contributed by atoms with Gasteiger partial charge in [0.1, 0.15) is 0 Å². The molecule has 1 aliphatic carbocycles. The smallest absolute Gasteiger partial charge is 0.0701 e. The highest BCUT2D eigenvalue weighted by molar-refractivity contribution is 9.11. The molecule has 1 aliphatic rings. The Kier molecular flexibility index (Phi) is 4.41. The van der Waals surface area contributed by atoms with E-state index >= 15 is 0 Å². The monoisotopic (exact) mass is 303 g/mol. The van der Waals surface area contributed by atoms with Gasteiger partial charge >= 0.3 is 0 Å². The zero-order valence-electron chi connectivity index (χ0n) is 9.45. The predicted octanol–water partition coefficient (Wildman–Crippen LogP) is 3.32. The second kappa shape index (κ2) is 5.63. The highest BCUT2D eigenvalue weighted by Crippen LogP contribution is 2.28. The first-order chi connectivity index (χ1) is 7.65. The molecule has 1 fully saturated rings. The Hall–Kier alpha value is 0.1000. The number of aliphatic hydroxyl groups is 1. The van der Waals surface area contributed by atoms with Crippen molar-refractivity contribution in [3.05, 3.63) is 20.8 Å². The average molecular weight is 304 g/mol. The normalized spacial score (nSPS) is 27.2. The average Bonchev–Trinajstić information content (AvgIpc) is 2.84. The van der Waals surface area contributed by atoms with Crippen molar-refractivity contribution in [2.24, 2.45) is 5.92 Å². The van der Waals surface area contributed by atoms with Crippen LogP contribution in [0.4, 0.5) is 0 Å². The van der Waals surface area contributed by atoms with Crippen LogP contribution in [-0.2, 0) is 0 Å². The SMILES string of the molecule is CC(NCC1CCC(O)C1)c1ccc(Br)s1. The van der Waals surface area contributed by atoms with Gasteiger partial charge in [0.05, 0.1) is 9.89 Å². The number of halogens is 1. The lowest BCUT2D eigenvalue weighted by atomic mass is 10.1. The molecule has 0 saturated heterocycles. The van der Waals surface area contributed by atoms with Crippen LogP contribution in [0.15, 0.2) is 15.9 Å². The number of thiophene rings is 1. The molecule has 0 radical (unpaired) electrons. The standard InChI is InChI=1S/C12H18BrNOS/c1-8(11-4-5-12(13)16-11)14-7-9-2-3-10(15)6-9/h4-5,8-10,14-15H,2-3,6-7H2,1H3. The molecule has 0 aliphatic heterocycles.